The molecule has 0 unspecified atom stereocenters. The largest absolute Gasteiger partial charge is 0.357 e. The Morgan fingerprint density at radius 1 is 0.914 bits per heavy atom. The third-order valence-corrected chi connectivity index (χ3v) is 7.38. The normalized spacial score (nSPS) is 11.7. The summed E-state index contributed by atoms with van der Waals surface area (Å²) in [6, 6.07) is 20.6. The van der Waals surface area contributed by atoms with E-state index in [1.807, 2.05) is 30.3 Å². The molecule has 0 saturated heterocycles. The fraction of sp³-hybridized carbons (Fsp3) is 0.286. The molecule has 4 nitrogen and oxygen atoms in total. The first-order valence-corrected chi connectivity index (χ1v) is 13.3. The van der Waals surface area contributed by atoms with Gasteiger partial charge in [-0.1, -0.05) is 88.9 Å². The van der Waals surface area contributed by atoms with Gasteiger partial charge in [-0.15, -0.1) is 11.8 Å². The van der Waals surface area contributed by atoms with Crippen molar-refractivity contribution >= 4 is 46.8 Å². The fourth-order valence-corrected chi connectivity index (χ4v) is 5.43. The predicted octanol–water partition coefficient (Wildman–Crippen LogP) is 6.23. The first-order chi connectivity index (χ1) is 16.8. The van der Waals surface area contributed by atoms with Crippen molar-refractivity contribution in [3.05, 3.63) is 105 Å². The van der Waals surface area contributed by atoms with Gasteiger partial charge in [-0.3, -0.25) is 9.59 Å². The Labute approximate surface area is 222 Å². The molecular weight excluding hydrogens is 499 g/mol. The molecule has 0 spiro atoms. The van der Waals surface area contributed by atoms with E-state index < -0.39 is 6.04 Å². The number of carbonyl (C=O) groups is 2. The van der Waals surface area contributed by atoms with Crippen LogP contribution in [-0.4, -0.2) is 35.6 Å². The average Bonchev–Trinajstić information content (AvgIpc) is 2.82. The second-order valence-electron chi connectivity index (χ2n) is 8.53. The minimum atomic E-state index is -0.705. The van der Waals surface area contributed by atoms with Crippen molar-refractivity contribution in [2.45, 2.75) is 38.6 Å². The highest BCUT2D eigenvalue weighted by molar-refractivity contribution is 7.99. The minimum absolute atomic E-state index is 0.139. The van der Waals surface area contributed by atoms with Crippen LogP contribution in [0.1, 0.15) is 27.8 Å². The maximum absolute atomic E-state index is 13.6. The molecule has 3 aromatic rings. The second-order valence-corrected chi connectivity index (χ2v) is 10.3. The number of amides is 2. The van der Waals surface area contributed by atoms with E-state index in [4.69, 9.17) is 23.2 Å². The number of halogens is 2. The number of rotatable bonds is 10. The fourth-order valence-electron chi connectivity index (χ4n) is 4.07. The number of carbonyl (C=O) groups excluding carboxylic acids is 2. The Morgan fingerprint density at radius 3 is 2.14 bits per heavy atom. The number of nitrogens with zero attached hydrogens (tertiary/aromatic N) is 1. The maximum atomic E-state index is 13.6. The second kappa shape index (κ2) is 13.0. The van der Waals surface area contributed by atoms with Gasteiger partial charge < -0.3 is 10.2 Å². The van der Waals surface area contributed by atoms with E-state index in [1.54, 1.807) is 30.1 Å². The van der Waals surface area contributed by atoms with Gasteiger partial charge in [0.1, 0.15) is 6.04 Å². The van der Waals surface area contributed by atoms with Crippen LogP contribution >= 0.6 is 35.0 Å². The van der Waals surface area contributed by atoms with Crippen molar-refractivity contribution < 1.29 is 9.59 Å². The zero-order valence-electron chi connectivity index (χ0n) is 20.2. The highest BCUT2D eigenvalue weighted by Crippen LogP contribution is 2.28. The first kappa shape index (κ1) is 27.1. The molecule has 0 aliphatic carbocycles. The minimum Gasteiger partial charge on any atom is -0.357 e. The van der Waals surface area contributed by atoms with Crippen LogP contribution in [0.2, 0.25) is 10.0 Å². The van der Waals surface area contributed by atoms with Gasteiger partial charge in [0.15, 0.2) is 0 Å². The molecule has 0 fully saturated rings. The van der Waals surface area contributed by atoms with Crippen LogP contribution in [0.15, 0.2) is 66.7 Å². The summed E-state index contributed by atoms with van der Waals surface area (Å²) in [4.78, 5) is 28.2. The number of likely N-dealkylation sites (N-methyl/N-ethyl adjacent to an activating group) is 1. The van der Waals surface area contributed by atoms with E-state index in [1.165, 1.54) is 28.5 Å². The molecule has 7 heteroatoms. The van der Waals surface area contributed by atoms with Crippen LogP contribution < -0.4 is 5.32 Å². The van der Waals surface area contributed by atoms with Gasteiger partial charge in [0, 0.05) is 41.4 Å². The lowest BCUT2D eigenvalue weighted by Crippen LogP contribution is -2.50. The van der Waals surface area contributed by atoms with Crippen LogP contribution in [-0.2, 0) is 28.3 Å². The van der Waals surface area contributed by atoms with Crippen molar-refractivity contribution in [2.24, 2.45) is 0 Å². The van der Waals surface area contributed by atoms with Gasteiger partial charge in [-0.05, 0) is 37.1 Å². The van der Waals surface area contributed by atoms with Crippen molar-refractivity contribution in [3.63, 3.8) is 0 Å². The molecule has 1 N–H and O–H groups in total. The summed E-state index contributed by atoms with van der Waals surface area (Å²) >= 11 is 14.4. The Morgan fingerprint density at radius 2 is 1.54 bits per heavy atom. The lowest BCUT2D eigenvalue weighted by atomic mass is 10.0. The Kier molecular flexibility index (Phi) is 10.1. The molecular formula is C28H30Cl2N2O2S. The van der Waals surface area contributed by atoms with Crippen LogP contribution in [0.3, 0.4) is 0 Å². The van der Waals surface area contributed by atoms with Crippen LogP contribution in [0, 0.1) is 13.8 Å². The first-order valence-electron chi connectivity index (χ1n) is 11.4. The molecule has 0 aliphatic heterocycles. The highest BCUT2D eigenvalue weighted by Gasteiger charge is 2.30. The van der Waals surface area contributed by atoms with E-state index in [0.29, 0.717) is 27.8 Å². The molecule has 0 aliphatic rings. The summed E-state index contributed by atoms with van der Waals surface area (Å²) in [6.45, 7) is 4.28. The molecule has 35 heavy (non-hydrogen) atoms. The Balaban J connectivity index is 1.86. The summed E-state index contributed by atoms with van der Waals surface area (Å²) in [7, 11) is 1.58. The Hall–Kier alpha value is -2.47. The molecule has 0 saturated carbocycles. The van der Waals surface area contributed by atoms with Gasteiger partial charge in [0.05, 0.1) is 5.75 Å². The molecule has 184 valence electrons. The van der Waals surface area contributed by atoms with Crippen LogP contribution in [0.5, 0.6) is 0 Å². The van der Waals surface area contributed by atoms with Gasteiger partial charge >= 0.3 is 0 Å². The number of benzene rings is 3. The SMILES string of the molecule is CNC(=O)[C@@H](Cc1ccccc1)N(Cc1c(Cl)cccc1Cl)C(=O)CSCc1cc(C)cc(C)c1. The number of nitrogens with one attached hydrogen (secondary N) is 1. The quantitative estimate of drug-likeness (QED) is 0.339. The van der Waals surface area contributed by atoms with Crippen molar-refractivity contribution in [3.8, 4) is 0 Å². The lowest BCUT2D eigenvalue weighted by molar-refractivity contribution is -0.139. The smallest absolute Gasteiger partial charge is 0.242 e. The topological polar surface area (TPSA) is 49.4 Å². The zero-order chi connectivity index (χ0) is 25.4. The van der Waals surface area contributed by atoms with Crippen molar-refractivity contribution in [1.82, 2.24) is 10.2 Å². The average molecular weight is 530 g/mol. The van der Waals surface area contributed by atoms with Crippen LogP contribution in [0.4, 0.5) is 0 Å². The monoisotopic (exact) mass is 528 g/mol. The van der Waals surface area contributed by atoms with Gasteiger partial charge in [0.2, 0.25) is 11.8 Å². The molecule has 0 heterocycles. The third kappa shape index (κ3) is 7.76. The summed E-state index contributed by atoms with van der Waals surface area (Å²) in [5.41, 5.74) is 5.17. The molecule has 0 aromatic heterocycles. The van der Waals surface area contributed by atoms with E-state index >= 15 is 0 Å². The molecule has 1 atom stereocenters. The van der Waals surface area contributed by atoms with Crippen LogP contribution in [0.25, 0.3) is 0 Å². The van der Waals surface area contributed by atoms with E-state index in [9.17, 15) is 9.59 Å². The number of hydrogen-bond donors (Lipinski definition) is 1. The van der Waals surface area contributed by atoms with E-state index in [2.05, 4.69) is 37.4 Å². The standard InChI is InChI=1S/C28H30Cl2N2O2S/c1-19-12-20(2)14-22(13-19)17-35-18-27(33)32(16-23-24(29)10-7-11-25(23)30)26(28(34)31-3)15-21-8-5-4-6-9-21/h4-14,26H,15-18H2,1-3H3,(H,31,34)/t26-/m1/s1. The molecule has 0 bridgehead atoms. The molecule has 2 amide bonds. The predicted molar refractivity (Wildman–Crippen MR) is 147 cm³/mol. The highest BCUT2D eigenvalue weighted by atomic mass is 35.5. The van der Waals surface area contributed by atoms with E-state index in [-0.39, 0.29) is 24.1 Å². The van der Waals surface area contributed by atoms with Gasteiger partial charge in [-0.25, -0.2) is 0 Å². The molecule has 3 rings (SSSR count). The van der Waals surface area contributed by atoms with Crippen molar-refractivity contribution in [2.75, 3.05) is 12.8 Å². The summed E-state index contributed by atoms with van der Waals surface area (Å²) in [5.74, 6) is 0.569. The lowest BCUT2D eigenvalue weighted by Gasteiger charge is -2.31. The number of aryl methyl sites for hydroxylation is 2. The number of hydrogen-bond acceptors (Lipinski definition) is 3. The zero-order valence-corrected chi connectivity index (χ0v) is 22.5. The Bertz CT molecular complexity index is 1130. The van der Waals surface area contributed by atoms with Gasteiger partial charge in [0.25, 0.3) is 0 Å². The van der Waals surface area contributed by atoms with E-state index in [0.717, 1.165) is 5.56 Å². The number of thioether (sulfide) groups is 1. The molecule has 3 aromatic carbocycles. The summed E-state index contributed by atoms with van der Waals surface area (Å²) in [6.07, 6.45) is 0.385. The summed E-state index contributed by atoms with van der Waals surface area (Å²) in [5, 5.41) is 3.66. The van der Waals surface area contributed by atoms with Gasteiger partial charge in [-0.2, -0.15) is 0 Å². The van der Waals surface area contributed by atoms with Crippen molar-refractivity contribution in [1.29, 1.82) is 0 Å². The molecule has 0 radical (unpaired) electrons. The third-order valence-electron chi connectivity index (χ3n) is 5.68. The maximum Gasteiger partial charge on any atom is 0.242 e. The summed E-state index contributed by atoms with van der Waals surface area (Å²) < 4.78 is 0.